The normalized spacial score (nSPS) is 14.6. The van der Waals surface area contributed by atoms with Crippen molar-refractivity contribution < 1.29 is 9.18 Å². The molecule has 1 amide bonds. The molecular formula is C20H19FN4O2. The molecule has 4 rings (SSSR count). The Kier molecular flexibility index (Phi) is 4.58. The zero-order chi connectivity index (χ0) is 18.8. The van der Waals surface area contributed by atoms with Crippen LogP contribution in [0.5, 0.6) is 0 Å². The van der Waals surface area contributed by atoms with Crippen LogP contribution in [0, 0.1) is 5.82 Å². The van der Waals surface area contributed by atoms with Crippen LogP contribution >= 0.6 is 0 Å². The number of carbonyl (C=O) groups is 1. The van der Waals surface area contributed by atoms with Crippen molar-refractivity contribution in [3.63, 3.8) is 0 Å². The van der Waals surface area contributed by atoms with Gasteiger partial charge in [-0.15, -0.1) is 0 Å². The highest BCUT2D eigenvalue weighted by Gasteiger charge is 2.22. The molecule has 6 nitrogen and oxygen atoms in total. The minimum Gasteiger partial charge on any atom is -0.368 e. The second-order valence-electron chi connectivity index (χ2n) is 6.53. The summed E-state index contributed by atoms with van der Waals surface area (Å²) in [7, 11) is 0. The quantitative estimate of drug-likeness (QED) is 0.710. The fourth-order valence-corrected chi connectivity index (χ4v) is 3.38. The Morgan fingerprint density at radius 3 is 2.44 bits per heavy atom. The number of nitrogens with zero attached hydrogens (tertiary/aromatic N) is 4. The van der Waals surface area contributed by atoms with E-state index >= 15 is 0 Å². The Morgan fingerprint density at radius 1 is 1.00 bits per heavy atom. The first-order valence-corrected chi connectivity index (χ1v) is 8.85. The number of para-hydroxylation sites is 1. The van der Waals surface area contributed by atoms with Gasteiger partial charge in [0.25, 0.3) is 0 Å². The molecule has 1 fully saturated rings. The third-order valence-electron chi connectivity index (χ3n) is 4.87. The van der Waals surface area contributed by atoms with Crippen LogP contribution in [0.4, 0.5) is 10.1 Å². The minimum atomic E-state index is -0.256. The lowest BCUT2D eigenvalue weighted by Gasteiger charge is -2.36. The van der Waals surface area contributed by atoms with Crippen LogP contribution in [0.1, 0.15) is 0 Å². The molecule has 0 aliphatic carbocycles. The van der Waals surface area contributed by atoms with Crippen LogP contribution in [0.15, 0.2) is 59.5 Å². The monoisotopic (exact) mass is 366 g/mol. The summed E-state index contributed by atoms with van der Waals surface area (Å²) >= 11 is 0. The zero-order valence-electron chi connectivity index (χ0n) is 14.7. The van der Waals surface area contributed by atoms with E-state index in [0.29, 0.717) is 37.1 Å². The van der Waals surface area contributed by atoms with Crippen molar-refractivity contribution in [2.24, 2.45) is 0 Å². The summed E-state index contributed by atoms with van der Waals surface area (Å²) in [5, 5.41) is 4.68. The van der Waals surface area contributed by atoms with Gasteiger partial charge in [0.05, 0.1) is 11.7 Å². The maximum absolute atomic E-state index is 13.1. The average molecular weight is 366 g/mol. The molecule has 1 aliphatic rings. The number of hydrogen-bond donors (Lipinski definition) is 0. The van der Waals surface area contributed by atoms with Gasteiger partial charge in [-0.2, -0.15) is 5.10 Å². The summed E-state index contributed by atoms with van der Waals surface area (Å²) < 4.78 is 14.6. The fourth-order valence-electron chi connectivity index (χ4n) is 3.38. The van der Waals surface area contributed by atoms with Gasteiger partial charge in [0.2, 0.25) is 11.3 Å². The smallest absolute Gasteiger partial charge is 0.244 e. The number of benzene rings is 2. The number of fused-ring (bicyclic) bond motifs is 1. The van der Waals surface area contributed by atoms with Gasteiger partial charge in [-0.1, -0.05) is 12.1 Å². The number of hydrogen-bond acceptors (Lipinski definition) is 4. The number of piperazine rings is 1. The maximum atomic E-state index is 13.1. The molecule has 0 unspecified atom stereocenters. The number of aromatic nitrogens is 2. The minimum absolute atomic E-state index is 0.0324. The highest BCUT2D eigenvalue weighted by atomic mass is 19.1. The molecule has 1 aliphatic heterocycles. The molecule has 0 N–H and O–H groups in total. The molecule has 3 aromatic rings. The standard InChI is InChI=1S/C20H19FN4O2/c21-15-5-7-16(8-6-15)23-9-11-24(12-10-23)20(27)14-25-18-4-2-1-3-17(18)19(26)13-22-25/h1-8,13H,9-12,14H2. The van der Waals surface area contributed by atoms with E-state index in [-0.39, 0.29) is 23.7 Å². The molecule has 138 valence electrons. The van der Waals surface area contributed by atoms with Crippen LogP contribution < -0.4 is 10.3 Å². The van der Waals surface area contributed by atoms with Crippen LogP contribution in [-0.2, 0) is 11.3 Å². The second-order valence-corrected chi connectivity index (χ2v) is 6.53. The lowest BCUT2D eigenvalue weighted by atomic mass is 10.2. The molecule has 2 aromatic carbocycles. The van der Waals surface area contributed by atoms with Gasteiger partial charge >= 0.3 is 0 Å². The molecule has 0 spiro atoms. The van der Waals surface area contributed by atoms with E-state index < -0.39 is 0 Å². The zero-order valence-corrected chi connectivity index (χ0v) is 14.7. The van der Waals surface area contributed by atoms with Gasteiger partial charge in [-0.3, -0.25) is 14.3 Å². The first kappa shape index (κ1) is 17.2. The van der Waals surface area contributed by atoms with Crippen molar-refractivity contribution in [3.05, 3.63) is 70.8 Å². The lowest BCUT2D eigenvalue weighted by Crippen LogP contribution is -2.49. The van der Waals surface area contributed by atoms with Gasteiger partial charge in [0.15, 0.2) is 0 Å². The van der Waals surface area contributed by atoms with E-state index in [1.807, 2.05) is 6.07 Å². The van der Waals surface area contributed by atoms with E-state index in [0.717, 1.165) is 5.69 Å². The summed E-state index contributed by atoms with van der Waals surface area (Å²) in [6.07, 6.45) is 1.25. The van der Waals surface area contributed by atoms with Gasteiger partial charge in [0.1, 0.15) is 12.4 Å². The Hall–Kier alpha value is -3.22. The van der Waals surface area contributed by atoms with Crippen molar-refractivity contribution in [1.82, 2.24) is 14.7 Å². The van der Waals surface area contributed by atoms with E-state index in [1.54, 1.807) is 39.9 Å². The number of amides is 1. The molecule has 0 bridgehead atoms. The van der Waals surface area contributed by atoms with Crippen molar-refractivity contribution in [2.75, 3.05) is 31.1 Å². The number of carbonyl (C=O) groups excluding carboxylic acids is 1. The predicted octanol–water partition coefficient (Wildman–Crippen LogP) is 1.88. The molecule has 0 radical (unpaired) electrons. The molecule has 1 saturated heterocycles. The molecule has 7 heteroatoms. The third kappa shape index (κ3) is 3.53. The fraction of sp³-hybridized carbons (Fsp3) is 0.250. The maximum Gasteiger partial charge on any atom is 0.244 e. The summed E-state index contributed by atoms with van der Waals surface area (Å²) in [5.41, 5.74) is 1.46. The Morgan fingerprint density at radius 2 is 1.70 bits per heavy atom. The molecule has 27 heavy (non-hydrogen) atoms. The summed E-state index contributed by atoms with van der Waals surface area (Å²) in [6, 6.07) is 13.5. The number of halogens is 1. The molecule has 1 aromatic heterocycles. The van der Waals surface area contributed by atoms with Gasteiger partial charge in [0, 0.05) is 37.3 Å². The second kappa shape index (κ2) is 7.19. The van der Waals surface area contributed by atoms with Crippen LogP contribution in [0.25, 0.3) is 10.9 Å². The highest BCUT2D eigenvalue weighted by Crippen LogP contribution is 2.17. The van der Waals surface area contributed by atoms with Crippen molar-refractivity contribution in [3.8, 4) is 0 Å². The first-order valence-electron chi connectivity index (χ1n) is 8.85. The molecule has 0 saturated carbocycles. The van der Waals surface area contributed by atoms with Crippen molar-refractivity contribution >= 4 is 22.5 Å². The Bertz CT molecular complexity index is 1020. The third-order valence-corrected chi connectivity index (χ3v) is 4.87. The summed E-state index contributed by atoms with van der Waals surface area (Å²) in [5.74, 6) is -0.288. The summed E-state index contributed by atoms with van der Waals surface area (Å²) in [6.45, 7) is 2.66. The first-order chi connectivity index (χ1) is 13.1. The highest BCUT2D eigenvalue weighted by molar-refractivity contribution is 5.81. The largest absolute Gasteiger partial charge is 0.368 e. The van der Waals surface area contributed by atoms with Crippen LogP contribution in [-0.4, -0.2) is 46.8 Å². The van der Waals surface area contributed by atoms with Crippen molar-refractivity contribution in [1.29, 1.82) is 0 Å². The predicted molar refractivity (Wildman–Crippen MR) is 101 cm³/mol. The molecule has 0 atom stereocenters. The van der Waals surface area contributed by atoms with Crippen LogP contribution in [0.2, 0.25) is 0 Å². The lowest BCUT2D eigenvalue weighted by molar-refractivity contribution is -0.132. The molecular weight excluding hydrogens is 347 g/mol. The number of rotatable bonds is 3. The van der Waals surface area contributed by atoms with Crippen molar-refractivity contribution in [2.45, 2.75) is 6.54 Å². The summed E-state index contributed by atoms with van der Waals surface area (Å²) in [4.78, 5) is 28.5. The molecule has 2 heterocycles. The SMILES string of the molecule is O=C(Cn1ncc(=O)c2ccccc21)N1CCN(c2ccc(F)cc2)CC1. The van der Waals surface area contributed by atoms with Gasteiger partial charge < -0.3 is 9.80 Å². The van der Waals surface area contributed by atoms with Crippen LogP contribution in [0.3, 0.4) is 0 Å². The Balaban J connectivity index is 1.44. The van der Waals surface area contributed by atoms with Gasteiger partial charge in [-0.25, -0.2) is 4.39 Å². The topological polar surface area (TPSA) is 58.4 Å². The van der Waals surface area contributed by atoms with E-state index in [9.17, 15) is 14.0 Å². The van der Waals surface area contributed by atoms with E-state index in [2.05, 4.69) is 10.00 Å². The van der Waals surface area contributed by atoms with E-state index in [1.165, 1.54) is 18.3 Å². The van der Waals surface area contributed by atoms with Gasteiger partial charge in [-0.05, 0) is 36.4 Å². The Labute approximate surface area is 155 Å². The van der Waals surface area contributed by atoms with E-state index in [4.69, 9.17) is 0 Å². The average Bonchev–Trinajstić information content (AvgIpc) is 2.71. The number of anilines is 1.